The van der Waals surface area contributed by atoms with Crippen molar-refractivity contribution < 1.29 is 8.42 Å². The van der Waals surface area contributed by atoms with Gasteiger partial charge in [-0.05, 0) is 44.2 Å². The summed E-state index contributed by atoms with van der Waals surface area (Å²) in [4.78, 5) is 2.49. The summed E-state index contributed by atoms with van der Waals surface area (Å²) in [5, 5.41) is 0. The standard InChI is InChI=1S/C13H28N2O2S/c1-4-9-18(16,17)14-10-13-5-7-15(8-6-13)11-12(2)3/h12-14H,4-11H2,1-3H3. The van der Waals surface area contributed by atoms with Gasteiger partial charge in [0.2, 0.25) is 10.0 Å². The van der Waals surface area contributed by atoms with Crippen LogP contribution in [0.15, 0.2) is 0 Å². The molecule has 0 radical (unpaired) electrons. The highest BCUT2D eigenvalue weighted by Gasteiger charge is 2.21. The molecule has 0 aromatic rings. The molecule has 0 aromatic heterocycles. The Morgan fingerprint density at radius 3 is 2.39 bits per heavy atom. The summed E-state index contributed by atoms with van der Waals surface area (Å²) in [5.74, 6) is 1.48. The number of rotatable bonds is 7. The van der Waals surface area contributed by atoms with Crippen LogP contribution in [-0.2, 0) is 10.0 Å². The predicted molar refractivity (Wildman–Crippen MR) is 76.1 cm³/mol. The van der Waals surface area contributed by atoms with Crippen molar-refractivity contribution in [2.24, 2.45) is 11.8 Å². The fourth-order valence-corrected chi connectivity index (χ4v) is 3.65. The maximum absolute atomic E-state index is 11.6. The van der Waals surface area contributed by atoms with E-state index >= 15 is 0 Å². The molecule has 1 heterocycles. The third kappa shape index (κ3) is 6.16. The van der Waals surface area contributed by atoms with Gasteiger partial charge in [0.15, 0.2) is 0 Å². The van der Waals surface area contributed by atoms with Crippen LogP contribution in [0.2, 0.25) is 0 Å². The summed E-state index contributed by atoms with van der Waals surface area (Å²) in [6.07, 6.45) is 2.91. The van der Waals surface area contributed by atoms with Gasteiger partial charge < -0.3 is 4.90 Å². The molecule has 0 atom stereocenters. The highest BCUT2D eigenvalue weighted by atomic mass is 32.2. The number of nitrogens with one attached hydrogen (secondary N) is 1. The van der Waals surface area contributed by atoms with E-state index in [1.165, 1.54) is 0 Å². The van der Waals surface area contributed by atoms with Gasteiger partial charge in [-0.2, -0.15) is 0 Å². The Morgan fingerprint density at radius 1 is 1.28 bits per heavy atom. The van der Waals surface area contributed by atoms with E-state index in [1.54, 1.807) is 0 Å². The van der Waals surface area contributed by atoms with Crippen molar-refractivity contribution in [3.05, 3.63) is 0 Å². The molecule has 0 aliphatic carbocycles. The van der Waals surface area contributed by atoms with Crippen LogP contribution in [0.25, 0.3) is 0 Å². The number of hydrogen-bond donors (Lipinski definition) is 1. The lowest BCUT2D eigenvalue weighted by Crippen LogP contribution is -2.40. The molecule has 4 nitrogen and oxygen atoms in total. The van der Waals surface area contributed by atoms with Gasteiger partial charge >= 0.3 is 0 Å². The van der Waals surface area contributed by atoms with E-state index in [4.69, 9.17) is 0 Å². The molecule has 1 rings (SSSR count). The zero-order chi connectivity index (χ0) is 13.6. The van der Waals surface area contributed by atoms with Crippen molar-refractivity contribution in [1.29, 1.82) is 0 Å². The number of hydrogen-bond acceptors (Lipinski definition) is 3. The maximum Gasteiger partial charge on any atom is 0.211 e. The fraction of sp³-hybridized carbons (Fsp3) is 1.00. The van der Waals surface area contributed by atoms with Crippen LogP contribution in [0, 0.1) is 11.8 Å². The van der Waals surface area contributed by atoms with Crippen molar-refractivity contribution in [2.45, 2.75) is 40.0 Å². The lowest BCUT2D eigenvalue weighted by atomic mass is 9.96. The molecule has 1 aliphatic heterocycles. The van der Waals surface area contributed by atoms with Crippen molar-refractivity contribution >= 4 is 10.0 Å². The molecule has 108 valence electrons. The molecule has 0 bridgehead atoms. The Labute approximate surface area is 112 Å². The van der Waals surface area contributed by atoms with Crippen LogP contribution in [0.1, 0.15) is 40.0 Å². The number of sulfonamides is 1. The van der Waals surface area contributed by atoms with E-state index in [2.05, 4.69) is 23.5 Å². The van der Waals surface area contributed by atoms with Gasteiger partial charge in [-0.1, -0.05) is 20.8 Å². The van der Waals surface area contributed by atoms with Crippen LogP contribution >= 0.6 is 0 Å². The zero-order valence-electron chi connectivity index (χ0n) is 12.0. The topological polar surface area (TPSA) is 49.4 Å². The summed E-state index contributed by atoms with van der Waals surface area (Å²) in [6.45, 7) is 10.4. The summed E-state index contributed by atoms with van der Waals surface area (Å²) >= 11 is 0. The quantitative estimate of drug-likeness (QED) is 0.770. The normalized spacial score (nSPS) is 19.6. The maximum atomic E-state index is 11.6. The predicted octanol–water partition coefficient (Wildman–Crippen LogP) is 1.68. The molecule has 18 heavy (non-hydrogen) atoms. The summed E-state index contributed by atoms with van der Waals surface area (Å²) in [5.41, 5.74) is 0. The van der Waals surface area contributed by atoms with E-state index in [9.17, 15) is 8.42 Å². The van der Waals surface area contributed by atoms with Crippen molar-refractivity contribution in [3.8, 4) is 0 Å². The molecule has 0 spiro atoms. The van der Waals surface area contributed by atoms with Gasteiger partial charge in [0.1, 0.15) is 0 Å². The van der Waals surface area contributed by atoms with Crippen LogP contribution in [0.5, 0.6) is 0 Å². The molecular weight excluding hydrogens is 248 g/mol. The first kappa shape index (κ1) is 15.9. The van der Waals surface area contributed by atoms with Crippen LogP contribution in [-0.4, -0.2) is 45.2 Å². The molecule has 1 aliphatic rings. The average Bonchev–Trinajstić information content (AvgIpc) is 2.27. The molecular formula is C13H28N2O2S. The van der Waals surface area contributed by atoms with Gasteiger partial charge in [-0.3, -0.25) is 0 Å². The van der Waals surface area contributed by atoms with Crippen LogP contribution < -0.4 is 4.72 Å². The van der Waals surface area contributed by atoms with Gasteiger partial charge in [-0.15, -0.1) is 0 Å². The lowest BCUT2D eigenvalue weighted by Gasteiger charge is -2.32. The largest absolute Gasteiger partial charge is 0.303 e. The SMILES string of the molecule is CCCS(=O)(=O)NCC1CCN(CC(C)C)CC1. The smallest absolute Gasteiger partial charge is 0.211 e. The Bertz CT molecular complexity index is 320. The minimum Gasteiger partial charge on any atom is -0.303 e. The summed E-state index contributed by atoms with van der Waals surface area (Å²) in [6, 6.07) is 0. The van der Waals surface area contributed by atoms with Gasteiger partial charge in [-0.25, -0.2) is 13.1 Å². The first-order valence-electron chi connectivity index (χ1n) is 7.12. The van der Waals surface area contributed by atoms with Crippen LogP contribution in [0.3, 0.4) is 0 Å². The van der Waals surface area contributed by atoms with E-state index < -0.39 is 10.0 Å². The highest BCUT2D eigenvalue weighted by Crippen LogP contribution is 2.17. The molecule has 1 N–H and O–H groups in total. The third-order valence-electron chi connectivity index (χ3n) is 3.40. The molecule has 1 saturated heterocycles. The summed E-state index contributed by atoms with van der Waals surface area (Å²) < 4.78 is 25.9. The second-order valence-electron chi connectivity index (χ2n) is 5.81. The number of piperidine rings is 1. The van der Waals surface area contributed by atoms with Crippen LogP contribution in [0.4, 0.5) is 0 Å². The monoisotopic (exact) mass is 276 g/mol. The summed E-state index contributed by atoms with van der Waals surface area (Å²) in [7, 11) is -3.03. The van der Waals surface area contributed by atoms with Crippen molar-refractivity contribution in [2.75, 3.05) is 31.9 Å². The van der Waals surface area contributed by atoms with Gasteiger partial charge in [0.05, 0.1) is 5.75 Å². The van der Waals surface area contributed by atoms with E-state index in [1.807, 2.05) is 6.92 Å². The first-order chi connectivity index (χ1) is 8.43. The molecule has 0 unspecified atom stereocenters. The molecule has 0 saturated carbocycles. The number of nitrogens with zero attached hydrogens (tertiary/aromatic N) is 1. The van der Waals surface area contributed by atoms with Gasteiger partial charge in [0, 0.05) is 13.1 Å². The van der Waals surface area contributed by atoms with Crippen molar-refractivity contribution in [3.63, 3.8) is 0 Å². The van der Waals surface area contributed by atoms with Crippen molar-refractivity contribution in [1.82, 2.24) is 9.62 Å². The minimum absolute atomic E-state index is 0.249. The van der Waals surface area contributed by atoms with E-state index in [-0.39, 0.29) is 5.75 Å². The highest BCUT2D eigenvalue weighted by molar-refractivity contribution is 7.89. The Hall–Kier alpha value is -0.130. The molecule has 0 aromatic carbocycles. The second kappa shape index (κ2) is 7.46. The Morgan fingerprint density at radius 2 is 1.89 bits per heavy atom. The first-order valence-corrected chi connectivity index (χ1v) is 8.78. The van der Waals surface area contributed by atoms with E-state index in [0.29, 0.717) is 24.8 Å². The zero-order valence-corrected chi connectivity index (χ0v) is 12.8. The molecule has 1 fully saturated rings. The number of likely N-dealkylation sites (tertiary alicyclic amines) is 1. The molecule has 0 amide bonds. The average molecular weight is 276 g/mol. The third-order valence-corrected chi connectivity index (χ3v) is 4.95. The second-order valence-corrected chi connectivity index (χ2v) is 7.73. The van der Waals surface area contributed by atoms with E-state index in [0.717, 1.165) is 32.5 Å². The Kier molecular flexibility index (Phi) is 6.60. The Balaban J connectivity index is 2.24. The lowest BCUT2D eigenvalue weighted by molar-refractivity contribution is 0.169. The molecule has 5 heteroatoms. The fourth-order valence-electron chi connectivity index (χ4n) is 2.48. The minimum atomic E-state index is -3.03. The van der Waals surface area contributed by atoms with Gasteiger partial charge in [0.25, 0.3) is 0 Å².